The monoisotopic (exact) mass is 406 g/mol. The number of hydrogen-bond donors (Lipinski definition) is 0. The van der Waals surface area contributed by atoms with Gasteiger partial charge in [-0.3, -0.25) is 0 Å². The second-order valence-electron chi connectivity index (χ2n) is 8.06. The van der Waals surface area contributed by atoms with Crippen molar-refractivity contribution in [2.75, 3.05) is 45.2 Å². The highest BCUT2D eigenvalue weighted by Gasteiger charge is 2.20. The number of ether oxygens (including phenoxy) is 1. The number of methoxy groups -OCH3 is 1. The molecule has 0 spiro atoms. The van der Waals surface area contributed by atoms with Gasteiger partial charge in [0.2, 0.25) is 0 Å². The topological polar surface area (TPSA) is 50.6 Å². The molecule has 30 heavy (non-hydrogen) atoms. The second-order valence-corrected chi connectivity index (χ2v) is 8.06. The zero-order chi connectivity index (χ0) is 21.3. The van der Waals surface area contributed by atoms with Crippen molar-refractivity contribution in [2.24, 2.45) is 0 Å². The number of piperazine rings is 1. The third-order valence-corrected chi connectivity index (χ3v) is 6.06. The minimum Gasteiger partial charge on any atom is -0.465 e. The largest absolute Gasteiger partial charge is 0.465 e. The fourth-order valence-corrected chi connectivity index (χ4v) is 4.32. The number of likely N-dealkylation sites (N-methyl/N-ethyl adjacent to an activating group) is 1. The van der Waals surface area contributed by atoms with Gasteiger partial charge in [0.15, 0.2) is 0 Å². The van der Waals surface area contributed by atoms with Gasteiger partial charge in [-0.15, -0.1) is 0 Å². The van der Waals surface area contributed by atoms with Gasteiger partial charge in [-0.1, -0.05) is 6.92 Å². The van der Waals surface area contributed by atoms with E-state index in [0.717, 1.165) is 72.6 Å². The Morgan fingerprint density at radius 2 is 1.93 bits per heavy atom. The first kappa shape index (κ1) is 20.4. The van der Waals surface area contributed by atoms with Gasteiger partial charge in [0, 0.05) is 56.1 Å². The average Bonchev–Trinajstić information content (AvgIpc) is 3.19. The van der Waals surface area contributed by atoms with E-state index in [1.165, 1.54) is 7.11 Å². The van der Waals surface area contributed by atoms with Crippen molar-refractivity contribution in [3.05, 3.63) is 47.8 Å². The number of carbonyl (C=O) groups excluding carboxylic acids is 1. The minimum absolute atomic E-state index is 0.304. The molecule has 158 valence electrons. The summed E-state index contributed by atoms with van der Waals surface area (Å²) in [5.74, 6) is 0.703. The van der Waals surface area contributed by atoms with Crippen LogP contribution in [0.2, 0.25) is 0 Å². The van der Waals surface area contributed by atoms with E-state index < -0.39 is 0 Å². The number of anilines is 1. The number of rotatable bonds is 5. The van der Waals surface area contributed by atoms with Crippen LogP contribution < -0.4 is 4.90 Å². The van der Waals surface area contributed by atoms with E-state index in [2.05, 4.69) is 52.7 Å². The molecule has 0 bridgehead atoms. The number of aromatic nitrogens is 2. The fourth-order valence-electron chi connectivity index (χ4n) is 4.32. The Kier molecular flexibility index (Phi) is 5.77. The van der Waals surface area contributed by atoms with Crippen LogP contribution in [-0.4, -0.2) is 60.8 Å². The number of carbonyl (C=O) groups is 1. The lowest BCUT2D eigenvalue weighted by Crippen LogP contribution is -2.44. The van der Waals surface area contributed by atoms with Crippen LogP contribution in [0.25, 0.3) is 22.0 Å². The standard InChI is InChI=1S/C24H30N4O2/c1-5-9-28-10-8-19-21(15-20(24(29)30-4)17(2)23(19)28)18-6-7-22(25-16-18)27-13-11-26(3)12-14-27/h6-8,10,15-16H,5,9,11-14H2,1-4H3. The lowest BCUT2D eigenvalue weighted by molar-refractivity contribution is 0.0600. The Hall–Kier alpha value is -2.86. The molecule has 1 fully saturated rings. The van der Waals surface area contributed by atoms with E-state index in [1.807, 2.05) is 19.2 Å². The first-order valence-corrected chi connectivity index (χ1v) is 10.6. The quantitative estimate of drug-likeness (QED) is 0.601. The summed E-state index contributed by atoms with van der Waals surface area (Å²) in [6.45, 7) is 9.15. The zero-order valence-corrected chi connectivity index (χ0v) is 18.3. The number of aryl methyl sites for hydroxylation is 2. The molecule has 1 aliphatic heterocycles. The van der Waals surface area contributed by atoms with Crippen molar-refractivity contribution < 1.29 is 9.53 Å². The van der Waals surface area contributed by atoms with Crippen LogP contribution in [0.4, 0.5) is 5.82 Å². The molecule has 1 aromatic carbocycles. The molecule has 0 unspecified atom stereocenters. The molecule has 3 aromatic rings. The number of esters is 1. The van der Waals surface area contributed by atoms with Crippen molar-refractivity contribution in [3.8, 4) is 11.1 Å². The van der Waals surface area contributed by atoms with Gasteiger partial charge in [-0.2, -0.15) is 0 Å². The number of benzene rings is 1. The third kappa shape index (κ3) is 3.67. The maximum atomic E-state index is 12.5. The second kappa shape index (κ2) is 8.48. The van der Waals surface area contributed by atoms with Crippen LogP contribution in [0.1, 0.15) is 29.3 Å². The summed E-state index contributed by atoms with van der Waals surface area (Å²) in [5, 5.41) is 1.14. The van der Waals surface area contributed by atoms with Gasteiger partial charge in [0.05, 0.1) is 18.2 Å². The molecule has 1 saturated heterocycles. The maximum Gasteiger partial charge on any atom is 0.338 e. The highest BCUT2D eigenvalue weighted by atomic mass is 16.5. The normalized spacial score (nSPS) is 15.0. The van der Waals surface area contributed by atoms with Gasteiger partial charge in [-0.25, -0.2) is 9.78 Å². The van der Waals surface area contributed by atoms with Gasteiger partial charge in [0.25, 0.3) is 0 Å². The van der Waals surface area contributed by atoms with E-state index in [9.17, 15) is 4.79 Å². The first-order chi connectivity index (χ1) is 14.5. The van der Waals surface area contributed by atoms with E-state index in [-0.39, 0.29) is 5.97 Å². The third-order valence-electron chi connectivity index (χ3n) is 6.06. The van der Waals surface area contributed by atoms with Crippen LogP contribution in [-0.2, 0) is 11.3 Å². The summed E-state index contributed by atoms with van der Waals surface area (Å²) >= 11 is 0. The van der Waals surface area contributed by atoms with Gasteiger partial charge in [0.1, 0.15) is 5.82 Å². The molecule has 1 aliphatic rings. The Bertz CT molecular complexity index is 1050. The molecule has 2 aromatic heterocycles. The van der Waals surface area contributed by atoms with Crippen molar-refractivity contribution in [1.29, 1.82) is 0 Å². The maximum absolute atomic E-state index is 12.5. The van der Waals surface area contributed by atoms with Crippen LogP contribution in [0.5, 0.6) is 0 Å². The summed E-state index contributed by atoms with van der Waals surface area (Å²) in [6, 6.07) is 8.30. The molecular formula is C24H30N4O2. The first-order valence-electron chi connectivity index (χ1n) is 10.6. The van der Waals surface area contributed by atoms with Crippen LogP contribution >= 0.6 is 0 Å². The highest BCUT2D eigenvalue weighted by Crippen LogP contribution is 2.34. The van der Waals surface area contributed by atoms with Gasteiger partial charge >= 0.3 is 5.97 Å². The lowest BCUT2D eigenvalue weighted by Gasteiger charge is -2.33. The summed E-state index contributed by atoms with van der Waals surface area (Å²) in [7, 11) is 3.59. The molecule has 0 saturated carbocycles. The molecular weight excluding hydrogens is 376 g/mol. The summed E-state index contributed by atoms with van der Waals surface area (Å²) in [5.41, 5.74) is 4.69. The number of nitrogens with zero attached hydrogens (tertiary/aromatic N) is 4. The molecule has 6 heteroatoms. The Balaban J connectivity index is 1.78. The molecule has 0 amide bonds. The van der Waals surface area contributed by atoms with E-state index >= 15 is 0 Å². The Morgan fingerprint density at radius 1 is 1.17 bits per heavy atom. The molecule has 4 rings (SSSR count). The van der Waals surface area contributed by atoms with Crippen LogP contribution in [0, 0.1) is 6.92 Å². The van der Waals surface area contributed by atoms with E-state index in [0.29, 0.717) is 5.56 Å². The lowest BCUT2D eigenvalue weighted by atomic mass is 9.96. The van der Waals surface area contributed by atoms with Crippen LogP contribution in [0.3, 0.4) is 0 Å². The van der Waals surface area contributed by atoms with Crippen molar-refractivity contribution in [1.82, 2.24) is 14.5 Å². The molecule has 0 aliphatic carbocycles. The SMILES string of the molecule is CCCn1ccc2c(-c3ccc(N4CCN(C)CC4)nc3)cc(C(=O)OC)c(C)c21. The Morgan fingerprint density at radius 3 is 2.57 bits per heavy atom. The molecule has 6 nitrogen and oxygen atoms in total. The summed E-state index contributed by atoms with van der Waals surface area (Å²) < 4.78 is 7.29. The number of pyridine rings is 1. The highest BCUT2D eigenvalue weighted by molar-refractivity contribution is 6.04. The van der Waals surface area contributed by atoms with Crippen molar-refractivity contribution in [2.45, 2.75) is 26.8 Å². The fraction of sp³-hybridized carbons (Fsp3) is 0.417. The molecule has 0 atom stereocenters. The minimum atomic E-state index is -0.304. The Labute approximate surface area is 178 Å². The van der Waals surface area contributed by atoms with Crippen molar-refractivity contribution in [3.63, 3.8) is 0 Å². The van der Waals surface area contributed by atoms with E-state index in [4.69, 9.17) is 9.72 Å². The molecule has 0 N–H and O–H groups in total. The predicted molar refractivity (Wildman–Crippen MR) is 121 cm³/mol. The smallest absolute Gasteiger partial charge is 0.338 e. The van der Waals surface area contributed by atoms with Crippen LogP contribution in [0.15, 0.2) is 36.7 Å². The molecule has 3 heterocycles. The van der Waals surface area contributed by atoms with Gasteiger partial charge < -0.3 is 19.1 Å². The molecule has 0 radical (unpaired) electrons. The van der Waals surface area contributed by atoms with E-state index in [1.54, 1.807) is 0 Å². The summed E-state index contributed by atoms with van der Waals surface area (Å²) in [4.78, 5) is 21.9. The average molecular weight is 407 g/mol. The zero-order valence-electron chi connectivity index (χ0n) is 18.3. The summed E-state index contributed by atoms with van der Waals surface area (Å²) in [6.07, 6.45) is 5.07. The number of fused-ring (bicyclic) bond motifs is 1. The predicted octanol–water partition coefficient (Wildman–Crippen LogP) is 3.96. The number of hydrogen-bond acceptors (Lipinski definition) is 5. The van der Waals surface area contributed by atoms with Crippen molar-refractivity contribution >= 4 is 22.7 Å². The van der Waals surface area contributed by atoms with Gasteiger partial charge in [-0.05, 0) is 55.8 Å².